The van der Waals surface area contributed by atoms with Crippen molar-refractivity contribution >= 4 is 17.2 Å². The van der Waals surface area contributed by atoms with E-state index in [2.05, 4.69) is 24.8 Å². The average molecular weight is 292 g/mol. The van der Waals surface area contributed by atoms with Crippen LogP contribution in [-0.2, 0) is 6.54 Å². The van der Waals surface area contributed by atoms with Crippen LogP contribution in [0.5, 0.6) is 5.75 Å². The van der Waals surface area contributed by atoms with E-state index < -0.39 is 0 Å². The quantitative estimate of drug-likeness (QED) is 0.866. The third-order valence-corrected chi connectivity index (χ3v) is 4.53. The molecule has 4 heteroatoms. The first-order valence-corrected chi connectivity index (χ1v) is 7.66. The fraction of sp³-hybridized carbons (Fsp3) is 0.562. The topological polar surface area (TPSA) is 38.5 Å². The largest absolute Gasteiger partial charge is 0.496 e. The molecule has 1 saturated heterocycles. The maximum absolute atomic E-state index is 5.74. The molecule has 110 valence electrons. The zero-order chi connectivity index (χ0) is 14.7. The van der Waals surface area contributed by atoms with E-state index in [1.54, 1.807) is 7.11 Å². The van der Waals surface area contributed by atoms with Crippen molar-refractivity contribution < 1.29 is 4.74 Å². The number of piperidine rings is 1. The van der Waals surface area contributed by atoms with Gasteiger partial charge in [0.25, 0.3) is 0 Å². The Balaban J connectivity index is 2.26. The molecule has 2 rings (SSSR count). The van der Waals surface area contributed by atoms with Crippen LogP contribution in [0.25, 0.3) is 0 Å². The number of likely N-dealkylation sites (tertiary alicyclic amines) is 1. The van der Waals surface area contributed by atoms with Gasteiger partial charge in [-0.15, -0.1) is 0 Å². The van der Waals surface area contributed by atoms with Crippen LogP contribution in [0.15, 0.2) is 18.2 Å². The number of hydrogen-bond donors (Lipinski definition) is 1. The maximum Gasteiger partial charge on any atom is 0.123 e. The predicted molar refractivity (Wildman–Crippen MR) is 87.2 cm³/mol. The molecule has 0 bridgehead atoms. The Morgan fingerprint density at radius 2 is 2.00 bits per heavy atom. The molecule has 1 aliphatic heterocycles. The lowest BCUT2D eigenvalue weighted by molar-refractivity contribution is 0.0943. The number of thiocarbonyl (C=S) groups is 1. The Bertz CT molecular complexity index is 479. The highest BCUT2D eigenvalue weighted by Gasteiger charge is 2.25. The van der Waals surface area contributed by atoms with Gasteiger partial charge in [-0.1, -0.05) is 18.6 Å². The molecule has 1 heterocycles. The fourth-order valence-electron chi connectivity index (χ4n) is 3.04. The van der Waals surface area contributed by atoms with Crippen LogP contribution in [0, 0.1) is 0 Å². The zero-order valence-corrected chi connectivity index (χ0v) is 13.4. The summed E-state index contributed by atoms with van der Waals surface area (Å²) in [5, 5.41) is 0. The van der Waals surface area contributed by atoms with Gasteiger partial charge in [0.1, 0.15) is 10.7 Å². The van der Waals surface area contributed by atoms with E-state index in [4.69, 9.17) is 22.7 Å². The standard InChI is InChI=1S/C16H24N2OS/c1-11-5-4-6-12(2)18(11)10-14-9-13(16(17)20)7-8-15(14)19-3/h7-9,11-12H,4-6,10H2,1-3H3,(H2,17,20). The highest BCUT2D eigenvalue weighted by Crippen LogP contribution is 2.28. The molecule has 1 fully saturated rings. The summed E-state index contributed by atoms with van der Waals surface area (Å²) in [6, 6.07) is 7.17. The molecule has 2 unspecified atom stereocenters. The summed E-state index contributed by atoms with van der Waals surface area (Å²) in [5.74, 6) is 0.912. The van der Waals surface area contributed by atoms with E-state index in [0.717, 1.165) is 17.9 Å². The van der Waals surface area contributed by atoms with Crippen LogP contribution in [-0.4, -0.2) is 29.1 Å². The van der Waals surface area contributed by atoms with E-state index in [-0.39, 0.29) is 0 Å². The molecule has 0 amide bonds. The molecule has 0 aromatic heterocycles. The summed E-state index contributed by atoms with van der Waals surface area (Å²) in [6.07, 6.45) is 3.85. The monoisotopic (exact) mass is 292 g/mol. The smallest absolute Gasteiger partial charge is 0.123 e. The Kier molecular flexibility index (Phi) is 5.00. The summed E-state index contributed by atoms with van der Waals surface area (Å²) in [7, 11) is 1.71. The number of nitrogens with zero attached hydrogens (tertiary/aromatic N) is 1. The number of nitrogens with two attached hydrogens (primary N) is 1. The van der Waals surface area contributed by atoms with Crippen molar-refractivity contribution in [2.75, 3.05) is 7.11 Å². The van der Waals surface area contributed by atoms with Crippen molar-refractivity contribution in [3.63, 3.8) is 0 Å². The molecular formula is C16H24N2OS. The van der Waals surface area contributed by atoms with Crippen LogP contribution in [0.1, 0.15) is 44.2 Å². The first-order chi connectivity index (χ1) is 9.52. The summed E-state index contributed by atoms with van der Waals surface area (Å²) in [6.45, 7) is 5.50. The van der Waals surface area contributed by atoms with Gasteiger partial charge in [0, 0.05) is 29.8 Å². The molecule has 0 aliphatic carbocycles. The first-order valence-electron chi connectivity index (χ1n) is 7.25. The molecule has 2 N–H and O–H groups in total. The van der Waals surface area contributed by atoms with E-state index >= 15 is 0 Å². The number of hydrogen-bond acceptors (Lipinski definition) is 3. The van der Waals surface area contributed by atoms with Crippen LogP contribution in [0.3, 0.4) is 0 Å². The number of rotatable bonds is 4. The fourth-order valence-corrected chi connectivity index (χ4v) is 3.17. The minimum atomic E-state index is 0.439. The molecule has 3 nitrogen and oxygen atoms in total. The van der Waals surface area contributed by atoms with Crippen LogP contribution < -0.4 is 10.5 Å². The lowest BCUT2D eigenvalue weighted by Gasteiger charge is -2.39. The Labute approximate surface area is 127 Å². The number of methoxy groups -OCH3 is 1. The minimum absolute atomic E-state index is 0.439. The third-order valence-electron chi connectivity index (χ3n) is 4.29. The minimum Gasteiger partial charge on any atom is -0.496 e. The predicted octanol–water partition coefficient (Wildman–Crippen LogP) is 3.09. The second-order valence-electron chi connectivity index (χ2n) is 5.69. The SMILES string of the molecule is COc1ccc(C(N)=S)cc1CN1C(C)CCCC1C. The highest BCUT2D eigenvalue weighted by molar-refractivity contribution is 7.80. The van der Waals surface area contributed by atoms with Crippen molar-refractivity contribution in [2.24, 2.45) is 5.73 Å². The van der Waals surface area contributed by atoms with Gasteiger partial charge in [0.15, 0.2) is 0 Å². The number of ether oxygens (including phenoxy) is 1. The van der Waals surface area contributed by atoms with Gasteiger partial charge in [0.05, 0.1) is 7.11 Å². The van der Waals surface area contributed by atoms with Crippen LogP contribution in [0.4, 0.5) is 0 Å². The van der Waals surface area contributed by atoms with E-state index in [0.29, 0.717) is 17.1 Å². The Morgan fingerprint density at radius 1 is 1.35 bits per heavy atom. The summed E-state index contributed by atoms with van der Waals surface area (Å²) < 4.78 is 5.48. The maximum atomic E-state index is 5.74. The molecule has 0 spiro atoms. The van der Waals surface area contributed by atoms with Gasteiger partial charge < -0.3 is 10.5 Å². The average Bonchev–Trinajstić information content (AvgIpc) is 2.42. The first kappa shape index (κ1) is 15.3. The van der Waals surface area contributed by atoms with Crippen molar-refractivity contribution in [1.29, 1.82) is 0 Å². The molecule has 2 atom stereocenters. The van der Waals surface area contributed by atoms with Gasteiger partial charge in [-0.2, -0.15) is 0 Å². The van der Waals surface area contributed by atoms with E-state index in [9.17, 15) is 0 Å². The van der Waals surface area contributed by atoms with Crippen LogP contribution in [0.2, 0.25) is 0 Å². The number of benzene rings is 1. The van der Waals surface area contributed by atoms with Gasteiger partial charge in [-0.3, -0.25) is 4.90 Å². The summed E-state index contributed by atoms with van der Waals surface area (Å²) in [4.78, 5) is 2.98. The molecule has 0 saturated carbocycles. The van der Waals surface area contributed by atoms with E-state index in [1.165, 1.54) is 24.8 Å². The Morgan fingerprint density at radius 3 is 2.55 bits per heavy atom. The highest BCUT2D eigenvalue weighted by atomic mass is 32.1. The lowest BCUT2D eigenvalue weighted by atomic mass is 9.96. The van der Waals surface area contributed by atoms with Gasteiger partial charge >= 0.3 is 0 Å². The molecule has 1 aromatic carbocycles. The summed E-state index contributed by atoms with van der Waals surface area (Å²) >= 11 is 5.08. The zero-order valence-electron chi connectivity index (χ0n) is 12.6. The Hall–Kier alpha value is -1.13. The van der Waals surface area contributed by atoms with Crippen molar-refractivity contribution in [2.45, 2.75) is 51.7 Å². The third kappa shape index (κ3) is 3.30. The molecular weight excluding hydrogens is 268 g/mol. The molecule has 20 heavy (non-hydrogen) atoms. The van der Waals surface area contributed by atoms with Gasteiger partial charge in [-0.25, -0.2) is 0 Å². The molecule has 1 aromatic rings. The van der Waals surface area contributed by atoms with Gasteiger partial charge in [0.2, 0.25) is 0 Å². The second kappa shape index (κ2) is 6.55. The molecule has 1 aliphatic rings. The van der Waals surface area contributed by atoms with Crippen molar-refractivity contribution in [3.8, 4) is 5.75 Å². The normalized spacial score (nSPS) is 23.6. The van der Waals surface area contributed by atoms with Crippen molar-refractivity contribution in [3.05, 3.63) is 29.3 Å². The van der Waals surface area contributed by atoms with Crippen molar-refractivity contribution in [1.82, 2.24) is 4.90 Å². The van der Waals surface area contributed by atoms with E-state index in [1.807, 2.05) is 12.1 Å². The summed E-state index contributed by atoms with van der Waals surface area (Å²) in [5.41, 5.74) is 7.81. The second-order valence-corrected chi connectivity index (χ2v) is 6.13. The van der Waals surface area contributed by atoms with Crippen LogP contribution >= 0.6 is 12.2 Å². The van der Waals surface area contributed by atoms with Gasteiger partial charge in [-0.05, 0) is 44.9 Å². The molecule has 0 radical (unpaired) electrons. The lowest BCUT2D eigenvalue weighted by Crippen LogP contribution is -2.43.